The van der Waals surface area contributed by atoms with Crippen LogP contribution in [0.15, 0.2) is 12.1 Å². The third kappa shape index (κ3) is 3.19. The van der Waals surface area contributed by atoms with E-state index < -0.39 is 11.8 Å². The Morgan fingerprint density at radius 1 is 1.55 bits per heavy atom. The summed E-state index contributed by atoms with van der Waals surface area (Å²) in [7, 11) is 1.72. The highest BCUT2D eigenvalue weighted by atomic mass is 19.1. The molecule has 20 heavy (non-hydrogen) atoms. The molecule has 1 aromatic carbocycles. The molecular formula is C14H19FN2O3. The molecule has 1 atom stereocenters. The van der Waals surface area contributed by atoms with Crippen LogP contribution >= 0.6 is 0 Å². The summed E-state index contributed by atoms with van der Waals surface area (Å²) in [6.07, 6.45) is 3.15. The van der Waals surface area contributed by atoms with Crippen LogP contribution in [0.3, 0.4) is 0 Å². The molecule has 1 aliphatic rings. The van der Waals surface area contributed by atoms with Crippen LogP contribution in [0.25, 0.3) is 0 Å². The van der Waals surface area contributed by atoms with Gasteiger partial charge in [0.25, 0.3) is 0 Å². The lowest BCUT2D eigenvalue weighted by Crippen LogP contribution is -2.33. The van der Waals surface area contributed by atoms with Gasteiger partial charge in [-0.05, 0) is 31.4 Å². The van der Waals surface area contributed by atoms with E-state index in [9.17, 15) is 9.18 Å². The minimum Gasteiger partial charge on any atom is -0.478 e. The lowest BCUT2D eigenvalue weighted by Gasteiger charge is -2.29. The van der Waals surface area contributed by atoms with Crippen LogP contribution in [-0.2, 0) is 4.74 Å². The molecule has 1 aliphatic heterocycles. The number of anilines is 2. The maximum Gasteiger partial charge on any atom is 0.337 e. The van der Waals surface area contributed by atoms with Gasteiger partial charge in [-0.2, -0.15) is 0 Å². The van der Waals surface area contributed by atoms with Gasteiger partial charge in [0.15, 0.2) is 0 Å². The quantitative estimate of drug-likeness (QED) is 0.827. The topological polar surface area (TPSA) is 75.8 Å². The standard InChI is InChI=1S/C14H19FN2O3/c1-17(8-9-4-2-3-5-20-9)13-6-10(14(18)19)12(16)7-11(13)15/h6-7,9H,2-5,8,16H2,1H3,(H,18,19). The van der Waals surface area contributed by atoms with Gasteiger partial charge in [-0.25, -0.2) is 9.18 Å². The molecule has 1 unspecified atom stereocenters. The van der Waals surface area contributed by atoms with Gasteiger partial charge >= 0.3 is 5.97 Å². The van der Waals surface area contributed by atoms with Crippen LogP contribution in [0.4, 0.5) is 15.8 Å². The first-order valence-electron chi connectivity index (χ1n) is 6.64. The van der Waals surface area contributed by atoms with Gasteiger partial charge in [0, 0.05) is 25.9 Å². The lowest BCUT2D eigenvalue weighted by atomic mass is 10.1. The van der Waals surface area contributed by atoms with Crippen molar-refractivity contribution in [2.45, 2.75) is 25.4 Å². The Morgan fingerprint density at radius 3 is 2.90 bits per heavy atom. The molecule has 0 bridgehead atoms. The third-order valence-electron chi connectivity index (χ3n) is 3.51. The highest BCUT2D eigenvalue weighted by Crippen LogP contribution is 2.26. The van der Waals surface area contributed by atoms with Gasteiger partial charge in [0.2, 0.25) is 0 Å². The van der Waals surface area contributed by atoms with Crippen molar-refractivity contribution in [2.75, 3.05) is 30.8 Å². The molecule has 3 N–H and O–H groups in total. The van der Waals surface area contributed by atoms with E-state index in [0.29, 0.717) is 6.54 Å². The molecule has 0 saturated carbocycles. The number of nitrogens with two attached hydrogens (primary N) is 1. The van der Waals surface area contributed by atoms with Crippen LogP contribution < -0.4 is 10.6 Å². The van der Waals surface area contributed by atoms with Crippen LogP contribution in [0.5, 0.6) is 0 Å². The molecule has 0 aliphatic carbocycles. The average molecular weight is 282 g/mol. The minimum absolute atomic E-state index is 0.0546. The second kappa shape index (κ2) is 6.09. The fraction of sp³-hybridized carbons (Fsp3) is 0.500. The summed E-state index contributed by atoms with van der Waals surface area (Å²) in [5.41, 5.74) is 5.59. The number of ether oxygens (including phenoxy) is 1. The number of rotatable bonds is 4. The minimum atomic E-state index is -1.16. The number of hydrogen-bond acceptors (Lipinski definition) is 4. The SMILES string of the molecule is CN(CC1CCCCO1)c1cc(C(=O)O)c(N)cc1F. The number of carbonyl (C=O) groups is 1. The summed E-state index contributed by atoms with van der Waals surface area (Å²) in [6, 6.07) is 2.33. The van der Waals surface area contributed by atoms with Crippen LogP contribution in [0, 0.1) is 5.82 Å². The number of nitrogens with zero attached hydrogens (tertiary/aromatic N) is 1. The molecule has 0 aromatic heterocycles. The van der Waals surface area contributed by atoms with Crippen molar-refractivity contribution < 1.29 is 19.0 Å². The van der Waals surface area contributed by atoms with Gasteiger partial charge in [0.05, 0.1) is 17.4 Å². The summed E-state index contributed by atoms with van der Waals surface area (Å²) in [6.45, 7) is 1.25. The molecule has 110 valence electrons. The van der Waals surface area contributed by atoms with Gasteiger partial charge in [-0.15, -0.1) is 0 Å². The Labute approximate surface area is 117 Å². The molecule has 1 saturated heterocycles. The smallest absolute Gasteiger partial charge is 0.337 e. The van der Waals surface area contributed by atoms with Crippen molar-refractivity contribution in [3.63, 3.8) is 0 Å². The number of hydrogen-bond donors (Lipinski definition) is 2. The normalized spacial score (nSPS) is 18.8. The van der Waals surface area contributed by atoms with E-state index >= 15 is 0 Å². The lowest BCUT2D eigenvalue weighted by molar-refractivity contribution is 0.0215. The number of nitrogen functional groups attached to an aromatic ring is 1. The van der Waals surface area contributed by atoms with E-state index in [0.717, 1.165) is 31.9 Å². The first-order valence-corrected chi connectivity index (χ1v) is 6.64. The predicted molar refractivity (Wildman–Crippen MR) is 74.6 cm³/mol. The van der Waals surface area contributed by atoms with Crippen LogP contribution in [-0.4, -0.2) is 37.4 Å². The summed E-state index contributed by atoms with van der Waals surface area (Å²) in [4.78, 5) is 12.7. The van der Waals surface area contributed by atoms with E-state index in [4.69, 9.17) is 15.6 Å². The molecule has 5 nitrogen and oxygen atoms in total. The highest BCUT2D eigenvalue weighted by Gasteiger charge is 2.20. The maximum atomic E-state index is 13.9. The van der Waals surface area contributed by atoms with Crippen molar-refractivity contribution in [3.05, 3.63) is 23.5 Å². The largest absolute Gasteiger partial charge is 0.478 e. The average Bonchev–Trinajstić information content (AvgIpc) is 2.39. The van der Waals surface area contributed by atoms with Crippen LogP contribution in [0.1, 0.15) is 29.6 Å². The number of halogens is 1. The maximum absolute atomic E-state index is 13.9. The second-order valence-electron chi connectivity index (χ2n) is 5.07. The van der Waals surface area contributed by atoms with E-state index in [1.54, 1.807) is 11.9 Å². The summed E-state index contributed by atoms with van der Waals surface area (Å²) >= 11 is 0. The molecule has 1 heterocycles. The fourth-order valence-corrected chi connectivity index (χ4v) is 2.41. The van der Waals surface area contributed by atoms with E-state index in [2.05, 4.69) is 0 Å². The monoisotopic (exact) mass is 282 g/mol. The summed E-state index contributed by atoms with van der Waals surface area (Å²) in [5.74, 6) is -1.68. The molecule has 1 aromatic rings. The number of aromatic carboxylic acids is 1. The van der Waals surface area contributed by atoms with Gasteiger partial charge in [-0.1, -0.05) is 0 Å². The predicted octanol–water partition coefficient (Wildman–Crippen LogP) is 2.11. The summed E-state index contributed by atoms with van der Waals surface area (Å²) in [5, 5.41) is 9.04. The zero-order valence-electron chi connectivity index (χ0n) is 11.4. The third-order valence-corrected chi connectivity index (χ3v) is 3.51. The van der Waals surface area contributed by atoms with Crippen molar-refractivity contribution in [2.24, 2.45) is 0 Å². The Hall–Kier alpha value is -1.82. The van der Waals surface area contributed by atoms with E-state index in [-0.39, 0.29) is 23.0 Å². The van der Waals surface area contributed by atoms with Crippen LogP contribution in [0.2, 0.25) is 0 Å². The molecule has 0 radical (unpaired) electrons. The molecular weight excluding hydrogens is 263 g/mol. The number of carboxylic acid groups (broad SMARTS) is 1. The van der Waals surface area contributed by atoms with Gasteiger partial charge in [0.1, 0.15) is 5.82 Å². The Bertz CT molecular complexity index is 501. The number of likely N-dealkylation sites (N-methyl/N-ethyl adjacent to an activating group) is 1. The Balaban J connectivity index is 2.17. The molecule has 2 rings (SSSR count). The number of benzene rings is 1. The molecule has 6 heteroatoms. The van der Waals surface area contributed by atoms with Crippen molar-refractivity contribution in [3.8, 4) is 0 Å². The Morgan fingerprint density at radius 2 is 2.30 bits per heavy atom. The first kappa shape index (κ1) is 14.6. The first-order chi connectivity index (χ1) is 9.49. The summed E-state index contributed by atoms with van der Waals surface area (Å²) < 4.78 is 19.5. The van der Waals surface area contributed by atoms with E-state index in [1.807, 2.05) is 0 Å². The molecule has 0 amide bonds. The highest BCUT2D eigenvalue weighted by molar-refractivity contribution is 5.95. The van der Waals surface area contributed by atoms with Crippen molar-refractivity contribution >= 4 is 17.3 Å². The van der Waals surface area contributed by atoms with Crippen molar-refractivity contribution in [1.29, 1.82) is 0 Å². The van der Waals surface area contributed by atoms with Gasteiger partial charge < -0.3 is 20.5 Å². The molecule has 1 fully saturated rings. The zero-order valence-corrected chi connectivity index (χ0v) is 11.4. The van der Waals surface area contributed by atoms with E-state index in [1.165, 1.54) is 6.07 Å². The Kier molecular flexibility index (Phi) is 4.44. The van der Waals surface area contributed by atoms with Crippen molar-refractivity contribution in [1.82, 2.24) is 0 Å². The molecule has 0 spiro atoms. The number of carboxylic acids is 1. The zero-order chi connectivity index (χ0) is 14.7. The van der Waals surface area contributed by atoms with Gasteiger partial charge in [-0.3, -0.25) is 0 Å². The second-order valence-corrected chi connectivity index (χ2v) is 5.07. The fourth-order valence-electron chi connectivity index (χ4n) is 2.41.